The Bertz CT molecular complexity index is 845. The summed E-state index contributed by atoms with van der Waals surface area (Å²) in [6.07, 6.45) is -1.26. The second-order valence-electron chi connectivity index (χ2n) is 5.00. The van der Waals surface area contributed by atoms with Crippen LogP contribution >= 0.6 is 0 Å². The first-order valence-electron chi connectivity index (χ1n) is 6.42. The molecule has 1 aromatic heterocycles. The Kier molecular flexibility index (Phi) is 3.42. The topological polar surface area (TPSA) is 108 Å². The lowest BCUT2D eigenvalue weighted by Gasteiger charge is -2.20. The molecule has 2 aromatic rings. The van der Waals surface area contributed by atoms with Crippen LogP contribution in [0.5, 0.6) is 0 Å². The Hall–Kier alpha value is -1.97. The maximum Gasteiger partial charge on any atom is 0.324 e. The fraction of sp³-hybridized carbons (Fsp3) is 0.308. The molecule has 0 saturated carbocycles. The number of halogens is 1. The summed E-state index contributed by atoms with van der Waals surface area (Å²) in [5.41, 5.74) is 0.173. The lowest BCUT2D eigenvalue weighted by Crippen LogP contribution is -2.44. The van der Waals surface area contributed by atoms with Crippen molar-refractivity contribution in [1.82, 2.24) is 4.31 Å². The van der Waals surface area contributed by atoms with Crippen LogP contribution in [0.1, 0.15) is 6.42 Å². The zero-order valence-corrected chi connectivity index (χ0v) is 12.0. The maximum absolute atomic E-state index is 13.2. The fourth-order valence-corrected chi connectivity index (χ4v) is 4.12. The number of fused-ring (bicyclic) bond motifs is 1. The first kappa shape index (κ1) is 14.9. The number of hydrogen-bond acceptors (Lipinski definition) is 5. The van der Waals surface area contributed by atoms with Gasteiger partial charge in [-0.1, -0.05) is 0 Å². The van der Waals surface area contributed by atoms with E-state index in [1.807, 2.05) is 0 Å². The lowest BCUT2D eigenvalue weighted by atomic mass is 10.2. The van der Waals surface area contributed by atoms with E-state index >= 15 is 0 Å². The monoisotopic (exact) mass is 329 g/mol. The summed E-state index contributed by atoms with van der Waals surface area (Å²) >= 11 is 0. The summed E-state index contributed by atoms with van der Waals surface area (Å²) in [7, 11) is -4.24. The Balaban J connectivity index is 2.06. The van der Waals surface area contributed by atoms with Gasteiger partial charge in [-0.2, -0.15) is 4.31 Å². The van der Waals surface area contributed by atoms with Crippen LogP contribution < -0.4 is 0 Å². The number of furan rings is 1. The number of aliphatic hydroxyl groups is 1. The molecule has 2 N–H and O–H groups in total. The fourth-order valence-electron chi connectivity index (χ4n) is 2.54. The van der Waals surface area contributed by atoms with Gasteiger partial charge in [-0.3, -0.25) is 4.79 Å². The van der Waals surface area contributed by atoms with E-state index < -0.39 is 39.0 Å². The van der Waals surface area contributed by atoms with Crippen molar-refractivity contribution in [2.24, 2.45) is 0 Å². The predicted molar refractivity (Wildman–Crippen MR) is 72.1 cm³/mol. The molecule has 0 bridgehead atoms. The minimum Gasteiger partial charge on any atom is -0.480 e. The van der Waals surface area contributed by atoms with Gasteiger partial charge in [-0.25, -0.2) is 12.8 Å². The summed E-state index contributed by atoms with van der Waals surface area (Å²) < 4.78 is 44.1. The first-order chi connectivity index (χ1) is 10.3. The van der Waals surface area contributed by atoms with Gasteiger partial charge in [0.2, 0.25) is 5.09 Å². The Morgan fingerprint density at radius 3 is 2.77 bits per heavy atom. The summed E-state index contributed by atoms with van der Waals surface area (Å²) in [6, 6.07) is 3.11. The normalized spacial score (nSPS) is 23.2. The van der Waals surface area contributed by atoms with Crippen molar-refractivity contribution in [3.63, 3.8) is 0 Å². The van der Waals surface area contributed by atoms with Crippen LogP contribution in [0.3, 0.4) is 0 Å². The van der Waals surface area contributed by atoms with E-state index in [0.29, 0.717) is 4.31 Å². The summed E-state index contributed by atoms with van der Waals surface area (Å²) in [6.45, 7) is -0.133. The minimum atomic E-state index is -4.24. The molecule has 1 aromatic carbocycles. The molecule has 118 valence electrons. The van der Waals surface area contributed by atoms with Crippen molar-refractivity contribution in [3.8, 4) is 0 Å². The third kappa shape index (κ3) is 2.27. The number of aliphatic carboxylic acids is 1. The molecule has 2 heterocycles. The second-order valence-corrected chi connectivity index (χ2v) is 6.82. The van der Waals surface area contributed by atoms with Gasteiger partial charge in [-0.15, -0.1) is 0 Å². The van der Waals surface area contributed by atoms with Gasteiger partial charge in [0.25, 0.3) is 10.0 Å². The molecule has 0 amide bonds. The van der Waals surface area contributed by atoms with Crippen molar-refractivity contribution in [2.75, 3.05) is 6.54 Å². The van der Waals surface area contributed by atoms with Gasteiger partial charge < -0.3 is 14.6 Å². The second kappa shape index (κ2) is 5.04. The van der Waals surface area contributed by atoms with Crippen molar-refractivity contribution >= 4 is 27.0 Å². The Labute approximate surface area is 124 Å². The molecular weight excluding hydrogens is 317 g/mol. The number of aliphatic hydroxyl groups excluding tert-OH is 1. The molecule has 1 aliphatic rings. The van der Waals surface area contributed by atoms with E-state index in [4.69, 9.17) is 9.52 Å². The zero-order valence-electron chi connectivity index (χ0n) is 11.1. The van der Waals surface area contributed by atoms with Crippen molar-refractivity contribution < 1.29 is 32.2 Å². The third-order valence-corrected chi connectivity index (χ3v) is 5.33. The molecule has 3 rings (SSSR count). The van der Waals surface area contributed by atoms with Gasteiger partial charge in [0.15, 0.2) is 0 Å². The SMILES string of the molecule is O=C(O)[C@@H]1[C@@H](O)CCN1S(=O)(=O)c1cc2cc(F)ccc2o1. The molecule has 1 aliphatic heterocycles. The number of carbonyl (C=O) groups is 1. The molecule has 1 saturated heterocycles. The Morgan fingerprint density at radius 2 is 2.09 bits per heavy atom. The van der Waals surface area contributed by atoms with E-state index in [1.165, 1.54) is 6.07 Å². The highest BCUT2D eigenvalue weighted by atomic mass is 32.2. The molecule has 0 aliphatic carbocycles. The smallest absolute Gasteiger partial charge is 0.324 e. The number of sulfonamides is 1. The number of benzene rings is 1. The van der Waals surface area contributed by atoms with Crippen molar-refractivity contribution in [3.05, 3.63) is 30.1 Å². The summed E-state index contributed by atoms with van der Waals surface area (Å²) in [5, 5.41) is 18.5. The first-order valence-corrected chi connectivity index (χ1v) is 7.86. The van der Waals surface area contributed by atoms with Gasteiger partial charge in [0, 0.05) is 18.0 Å². The van der Waals surface area contributed by atoms with Gasteiger partial charge in [0.1, 0.15) is 17.4 Å². The number of rotatable bonds is 3. The highest BCUT2D eigenvalue weighted by Crippen LogP contribution is 2.30. The average Bonchev–Trinajstić information content (AvgIpc) is 3.02. The molecule has 9 heteroatoms. The molecule has 0 unspecified atom stereocenters. The summed E-state index contributed by atoms with van der Waals surface area (Å²) in [5.74, 6) is -1.98. The van der Waals surface area contributed by atoms with Crippen LogP contribution in [-0.2, 0) is 14.8 Å². The number of nitrogens with zero attached hydrogens (tertiary/aromatic N) is 1. The van der Waals surface area contributed by atoms with E-state index in [0.717, 1.165) is 18.2 Å². The van der Waals surface area contributed by atoms with Gasteiger partial charge >= 0.3 is 5.97 Å². The van der Waals surface area contributed by atoms with Crippen LogP contribution in [0, 0.1) is 5.82 Å². The number of carboxylic acids is 1. The van der Waals surface area contributed by atoms with E-state index in [9.17, 15) is 22.7 Å². The van der Waals surface area contributed by atoms with Crippen LogP contribution in [0.15, 0.2) is 33.8 Å². The van der Waals surface area contributed by atoms with E-state index in [-0.39, 0.29) is 23.9 Å². The lowest BCUT2D eigenvalue weighted by molar-refractivity contribution is -0.143. The highest BCUT2D eigenvalue weighted by molar-refractivity contribution is 7.89. The summed E-state index contributed by atoms with van der Waals surface area (Å²) in [4.78, 5) is 11.2. The standard InChI is InChI=1S/C13H12FNO6S/c14-8-1-2-10-7(5-8)6-11(21-10)22(19,20)15-4-3-9(16)12(15)13(17)18/h1-2,5-6,9,12,16H,3-4H2,(H,17,18)/t9-,12-/m0/s1. The van der Waals surface area contributed by atoms with Crippen LogP contribution in [0.4, 0.5) is 4.39 Å². The van der Waals surface area contributed by atoms with Gasteiger partial charge in [0.05, 0.1) is 6.10 Å². The molecule has 0 radical (unpaired) electrons. The molecular formula is C13H12FNO6S. The molecule has 2 atom stereocenters. The van der Waals surface area contributed by atoms with Crippen molar-refractivity contribution in [1.29, 1.82) is 0 Å². The largest absolute Gasteiger partial charge is 0.480 e. The van der Waals surface area contributed by atoms with Crippen LogP contribution in [0.25, 0.3) is 11.0 Å². The maximum atomic E-state index is 13.2. The quantitative estimate of drug-likeness (QED) is 0.861. The number of carboxylic acid groups (broad SMARTS) is 1. The van der Waals surface area contributed by atoms with Crippen LogP contribution in [0.2, 0.25) is 0 Å². The predicted octanol–water partition coefficient (Wildman–Crippen LogP) is 0.780. The van der Waals surface area contributed by atoms with E-state index in [2.05, 4.69) is 0 Å². The van der Waals surface area contributed by atoms with Crippen molar-refractivity contribution in [2.45, 2.75) is 23.7 Å². The van der Waals surface area contributed by atoms with E-state index in [1.54, 1.807) is 0 Å². The molecule has 22 heavy (non-hydrogen) atoms. The molecule has 0 spiro atoms. The van der Waals surface area contributed by atoms with Crippen LogP contribution in [-0.4, -0.2) is 47.6 Å². The Morgan fingerprint density at radius 1 is 1.36 bits per heavy atom. The molecule has 1 fully saturated rings. The highest BCUT2D eigenvalue weighted by Gasteiger charge is 2.46. The molecule has 7 nitrogen and oxygen atoms in total. The third-order valence-electron chi connectivity index (χ3n) is 3.59. The average molecular weight is 329 g/mol. The minimum absolute atomic E-state index is 0.0189. The number of hydrogen-bond donors (Lipinski definition) is 2. The van der Waals surface area contributed by atoms with Gasteiger partial charge in [-0.05, 0) is 24.6 Å². The zero-order chi connectivity index (χ0) is 16.1.